The molecule has 0 aromatic heterocycles. The average molecular weight is 705 g/mol. The van der Waals surface area contributed by atoms with Gasteiger partial charge >= 0.3 is 280 Å². The molecule has 0 radical (unpaired) electrons. The van der Waals surface area contributed by atoms with E-state index >= 15 is 4.57 Å². The van der Waals surface area contributed by atoms with Crippen molar-refractivity contribution in [2.75, 3.05) is 73.9 Å². The monoisotopic (exact) mass is 705 g/mol. The first kappa shape index (κ1) is 45.4. The summed E-state index contributed by atoms with van der Waals surface area (Å²) in [5.74, 6) is 0. The minimum absolute atomic E-state index is 1.04. The summed E-state index contributed by atoms with van der Waals surface area (Å²) >= 11 is 0. The van der Waals surface area contributed by atoms with E-state index in [0.717, 1.165) is 151 Å². The van der Waals surface area contributed by atoms with E-state index in [0.29, 0.717) is 0 Å². The summed E-state index contributed by atoms with van der Waals surface area (Å²) < 4.78 is 40.0. The summed E-state index contributed by atoms with van der Waals surface area (Å²) in [5.41, 5.74) is 0. The van der Waals surface area contributed by atoms with Crippen molar-refractivity contribution in [3.63, 3.8) is 0 Å². The molecule has 0 rings (SSSR count). The third kappa shape index (κ3) is 11.5. The molecule has 44 heavy (non-hydrogen) atoms. The van der Waals surface area contributed by atoms with Crippen LogP contribution in [0.15, 0.2) is 0 Å². The molecule has 0 heterocycles. The van der Waals surface area contributed by atoms with Gasteiger partial charge in [0.25, 0.3) is 0 Å². The van der Waals surface area contributed by atoms with Crippen LogP contribution in [-0.2, 0) is 17.5 Å². The Balaban J connectivity index is 8.21. The second-order valence-corrected chi connectivity index (χ2v) is 34.3. The summed E-state index contributed by atoms with van der Waals surface area (Å²) in [5, 5.41) is 0. The molecule has 0 unspecified atom stereocenters. The predicted octanol–water partition coefficient (Wildman–Crippen LogP) is 14.5. The quantitative estimate of drug-likeness (QED) is 0.0698. The van der Waals surface area contributed by atoms with Gasteiger partial charge in [0.2, 0.25) is 0 Å². The zero-order valence-corrected chi connectivity index (χ0v) is 36.0. The van der Waals surface area contributed by atoms with Crippen LogP contribution in [0.4, 0.5) is 0 Å². The van der Waals surface area contributed by atoms with E-state index in [2.05, 4.69) is 83.1 Å². The minimum atomic E-state index is -3.96. The van der Waals surface area contributed by atoms with Crippen molar-refractivity contribution in [1.29, 1.82) is 0 Å². The van der Waals surface area contributed by atoms with Gasteiger partial charge in [-0.25, -0.2) is 0 Å². The molecule has 272 valence electrons. The van der Waals surface area contributed by atoms with Crippen molar-refractivity contribution in [2.24, 2.45) is 0 Å². The van der Waals surface area contributed by atoms with Crippen molar-refractivity contribution in [3.8, 4) is 0 Å². The van der Waals surface area contributed by atoms with Gasteiger partial charge in [0.15, 0.2) is 0 Å². The molecule has 0 fully saturated rings. The average Bonchev–Trinajstić information content (AvgIpc) is 2.90. The van der Waals surface area contributed by atoms with E-state index in [1.165, 1.54) is 0 Å². The van der Waals surface area contributed by atoms with E-state index in [1.807, 2.05) is 0 Å². The maximum absolute atomic E-state index is 16.6. The predicted molar refractivity (Wildman–Crippen MR) is 214 cm³/mol. The van der Waals surface area contributed by atoms with Crippen LogP contribution in [0.2, 0.25) is 0 Å². The molecule has 4 nitrogen and oxygen atoms in total. The molecule has 0 aromatic rings. The molecule has 0 amide bonds. The number of hydrogen-bond donors (Lipinski definition) is 0. The van der Waals surface area contributed by atoms with Crippen LogP contribution >= 0.6 is 28.3 Å². The Labute approximate surface area is 279 Å². The molecule has 0 bridgehead atoms. The second-order valence-electron chi connectivity index (χ2n) is 14.9. The number of phosphoric acid groups is 1. The van der Waals surface area contributed by atoms with Gasteiger partial charge in [-0.2, -0.15) is 0 Å². The molecule has 0 aliphatic carbocycles. The van der Waals surface area contributed by atoms with Gasteiger partial charge in [0, 0.05) is 0 Å². The van der Waals surface area contributed by atoms with Gasteiger partial charge < -0.3 is 0 Å². The van der Waals surface area contributed by atoms with Crippen molar-refractivity contribution in [3.05, 3.63) is 0 Å². The van der Waals surface area contributed by atoms with Gasteiger partial charge in [0.1, 0.15) is 0 Å². The molecule has 0 atom stereocenters. The number of rotatable bonds is 30. The zero-order valence-electron chi connectivity index (χ0n) is 32.4. The fraction of sp³-hybridized carbons (Fsp3) is 1.00. The van der Waals surface area contributed by atoms with E-state index in [-0.39, 0.29) is 0 Å². The third-order valence-corrected chi connectivity index (χ3v) is 37.3. The van der Waals surface area contributed by atoms with Gasteiger partial charge in [0.05, 0.1) is 0 Å². The Morgan fingerprint density at radius 2 is 0.409 bits per heavy atom. The van der Waals surface area contributed by atoms with Gasteiger partial charge in [-0.15, -0.1) is 0 Å². The van der Waals surface area contributed by atoms with Crippen molar-refractivity contribution >= 4 is 28.3 Å². The summed E-state index contributed by atoms with van der Waals surface area (Å²) in [6, 6.07) is 0. The molecular formula is C36H84O4P4. The normalized spacial score (nSPS) is 17.2. The second kappa shape index (κ2) is 20.2. The molecule has 0 saturated heterocycles. The molecule has 0 aliphatic heterocycles. The Morgan fingerprint density at radius 1 is 0.295 bits per heavy atom. The fourth-order valence-electron chi connectivity index (χ4n) is 10.2. The Kier molecular flexibility index (Phi) is 20.8. The van der Waals surface area contributed by atoms with E-state index < -0.39 is 28.3 Å². The van der Waals surface area contributed by atoms with E-state index in [1.54, 1.807) is 0 Å². The van der Waals surface area contributed by atoms with E-state index in [4.69, 9.17) is 12.9 Å². The van der Waals surface area contributed by atoms with Gasteiger partial charge in [-0.1, -0.05) is 0 Å². The van der Waals surface area contributed by atoms with Crippen LogP contribution in [0, 0.1) is 0 Å². The van der Waals surface area contributed by atoms with Crippen molar-refractivity contribution < 1.29 is 17.5 Å². The Morgan fingerprint density at radius 3 is 0.500 bits per heavy atom. The molecule has 0 saturated carbocycles. The van der Waals surface area contributed by atoms with E-state index in [9.17, 15) is 0 Å². The van der Waals surface area contributed by atoms with Crippen LogP contribution in [0.3, 0.4) is 0 Å². The molecule has 0 spiro atoms. The molecule has 0 aromatic carbocycles. The molecule has 0 N–H and O–H groups in total. The summed E-state index contributed by atoms with van der Waals surface area (Å²) in [4.78, 5) is 0. The van der Waals surface area contributed by atoms with Gasteiger partial charge in [-0.3, -0.25) is 0 Å². The van der Waals surface area contributed by atoms with Crippen LogP contribution < -0.4 is 0 Å². The first-order chi connectivity index (χ1) is 20.8. The Hall–Kier alpha value is 1.40. The van der Waals surface area contributed by atoms with Crippen LogP contribution in [0.1, 0.15) is 160 Å². The van der Waals surface area contributed by atoms with Crippen molar-refractivity contribution in [2.45, 2.75) is 160 Å². The molecule has 8 heteroatoms. The SMILES string of the molecule is CCCP(CCC)(CCC)(CCC)OP(=O)(OP(CCC)(CCC)(CCC)CCC)OP(CCC)(CCC)(CCC)CCC. The maximum atomic E-state index is 16.6. The molecule has 0 aliphatic rings. The topological polar surface area (TPSA) is 44.8 Å². The summed E-state index contributed by atoms with van der Waals surface area (Å²) in [6.07, 6.45) is 25.2. The van der Waals surface area contributed by atoms with Gasteiger partial charge in [-0.05, 0) is 0 Å². The van der Waals surface area contributed by atoms with Crippen molar-refractivity contribution in [1.82, 2.24) is 0 Å². The Bertz CT molecular complexity index is 622. The third-order valence-electron chi connectivity index (χ3n) is 10.5. The van der Waals surface area contributed by atoms with Crippen LogP contribution in [0.25, 0.3) is 0 Å². The first-order valence-corrected chi connectivity index (χ1v) is 29.7. The summed E-state index contributed by atoms with van der Waals surface area (Å²) in [6.45, 7) is 19.0. The first-order valence-electron chi connectivity index (χ1n) is 19.6. The van der Waals surface area contributed by atoms with Crippen LogP contribution in [-0.4, -0.2) is 73.9 Å². The number of hydrogen-bond acceptors (Lipinski definition) is 4. The summed E-state index contributed by atoms with van der Waals surface area (Å²) in [7, 11) is -3.96. The fourth-order valence-corrected chi connectivity index (χ4v) is 39.7. The van der Waals surface area contributed by atoms with Crippen LogP contribution in [0.5, 0.6) is 0 Å². The molecular weight excluding hydrogens is 620 g/mol. The zero-order chi connectivity index (χ0) is 33.9. The standard InChI is InChI=1S/C36H84O4P4/c1-13-25-42(26-14-2,27-15-3,28-16-4)38-41(37,39-43(29-17-5,30-18-6,31-19-7)32-20-8)40-44(33-21-9,34-22-10,35-23-11)36-24-12/h13-36H2,1-12H3.